The smallest absolute Gasteiger partial charge is 0.412 e. The molecule has 1 unspecified atom stereocenters. The van der Waals surface area contributed by atoms with E-state index in [9.17, 15) is 24.9 Å². The van der Waals surface area contributed by atoms with Crippen molar-refractivity contribution in [3.8, 4) is 5.75 Å². The highest BCUT2D eigenvalue weighted by atomic mass is 32.2. The average Bonchev–Trinajstić information content (AvgIpc) is 3.18. The Morgan fingerprint density at radius 2 is 2.08 bits per heavy atom. The quantitative estimate of drug-likeness (QED) is 0.339. The van der Waals surface area contributed by atoms with Crippen LogP contribution in [0.25, 0.3) is 0 Å². The number of nitrogens with zero attached hydrogens (tertiary/aromatic N) is 2. The number of hydrogen-bond acceptors (Lipinski definition) is 5. The first-order valence-corrected chi connectivity index (χ1v) is 9.45. The van der Waals surface area contributed by atoms with Gasteiger partial charge in [-0.15, -0.1) is 11.8 Å². The molecular formula is C18H24N2O5S. The van der Waals surface area contributed by atoms with Crippen molar-refractivity contribution < 1.29 is 24.9 Å². The first kappa shape index (κ1) is 20.1. The van der Waals surface area contributed by atoms with E-state index in [1.54, 1.807) is 18.3 Å². The molecule has 0 aromatic carbocycles. The number of aromatic hydroxyl groups is 1. The molecule has 7 nitrogen and oxygen atoms in total. The molecule has 1 atom stereocenters. The van der Waals surface area contributed by atoms with Crippen LogP contribution in [0.2, 0.25) is 0 Å². The molecule has 142 valence electrons. The molecule has 0 radical (unpaired) electrons. The highest BCUT2D eigenvalue weighted by Crippen LogP contribution is 2.49. The highest BCUT2D eigenvalue weighted by Gasteiger charge is 2.53. The lowest BCUT2D eigenvalue weighted by Gasteiger charge is -2.21. The van der Waals surface area contributed by atoms with Crippen molar-refractivity contribution in [2.24, 2.45) is 5.41 Å². The van der Waals surface area contributed by atoms with Gasteiger partial charge in [0, 0.05) is 12.2 Å². The van der Waals surface area contributed by atoms with Crippen molar-refractivity contribution in [3.63, 3.8) is 0 Å². The number of carbonyl (C=O) groups is 2. The monoisotopic (exact) mass is 380 g/mol. The Kier molecular flexibility index (Phi) is 6.52. The number of aliphatic carboxylic acids is 1. The van der Waals surface area contributed by atoms with E-state index in [1.807, 2.05) is 13.8 Å². The van der Waals surface area contributed by atoms with Crippen LogP contribution in [-0.2, 0) is 4.79 Å². The zero-order valence-corrected chi connectivity index (χ0v) is 15.7. The van der Waals surface area contributed by atoms with E-state index in [2.05, 4.69) is 4.98 Å². The molecule has 1 aliphatic carbocycles. The topological polar surface area (TPSA) is 111 Å². The zero-order valence-electron chi connectivity index (χ0n) is 14.9. The van der Waals surface area contributed by atoms with E-state index in [0.29, 0.717) is 17.9 Å². The third-order valence-electron chi connectivity index (χ3n) is 4.38. The molecule has 8 heteroatoms. The fourth-order valence-corrected chi connectivity index (χ4v) is 3.61. The van der Waals surface area contributed by atoms with Gasteiger partial charge in [-0.3, -0.25) is 4.90 Å². The Morgan fingerprint density at radius 3 is 2.62 bits per heavy atom. The molecular weight excluding hydrogens is 356 g/mol. The molecule has 26 heavy (non-hydrogen) atoms. The number of pyridine rings is 1. The van der Waals surface area contributed by atoms with Gasteiger partial charge in [0.15, 0.2) is 0 Å². The van der Waals surface area contributed by atoms with Gasteiger partial charge in [-0.05, 0) is 49.0 Å². The number of unbranched alkanes of at least 4 members (excludes halogenated alkanes) is 2. The van der Waals surface area contributed by atoms with Crippen molar-refractivity contribution >= 4 is 23.8 Å². The van der Waals surface area contributed by atoms with Gasteiger partial charge < -0.3 is 15.3 Å². The maximum absolute atomic E-state index is 11.5. The summed E-state index contributed by atoms with van der Waals surface area (Å²) in [5.41, 5.74) is -0.350. The SMILES string of the molecule is CC1(C)CC1N(C(=O)O)/C(=C/CCCCSc1ncccc1O)C(=O)O. The number of carboxylic acid groups (broad SMARTS) is 2. The van der Waals surface area contributed by atoms with Crippen LogP contribution < -0.4 is 0 Å². The van der Waals surface area contributed by atoms with Gasteiger partial charge in [0.25, 0.3) is 0 Å². The molecule has 1 heterocycles. The minimum Gasteiger partial charge on any atom is -0.505 e. The van der Waals surface area contributed by atoms with Crippen molar-refractivity contribution in [1.82, 2.24) is 9.88 Å². The summed E-state index contributed by atoms with van der Waals surface area (Å²) in [6.45, 7) is 3.86. The summed E-state index contributed by atoms with van der Waals surface area (Å²) in [7, 11) is 0. The standard InChI is InChI=1S/C18H24N2O5S/c1-18(2)11-14(18)20(17(24)25)12(16(22)23)7-4-3-5-10-26-15-13(21)8-6-9-19-15/h6-9,14,21H,3-5,10-11H2,1-2H3,(H,22,23)(H,24,25)/b12-7+. The van der Waals surface area contributed by atoms with Crippen LogP contribution in [0.4, 0.5) is 4.79 Å². The fraction of sp³-hybridized carbons (Fsp3) is 0.500. The van der Waals surface area contributed by atoms with Crippen LogP contribution >= 0.6 is 11.8 Å². The first-order chi connectivity index (χ1) is 12.2. The lowest BCUT2D eigenvalue weighted by Crippen LogP contribution is -2.36. The molecule has 1 amide bonds. The number of aromatic nitrogens is 1. The van der Waals surface area contributed by atoms with Crippen LogP contribution in [-0.4, -0.2) is 49.1 Å². The number of rotatable bonds is 9. The predicted molar refractivity (Wildman–Crippen MR) is 98.2 cm³/mol. The molecule has 1 saturated carbocycles. The van der Waals surface area contributed by atoms with Gasteiger partial charge in [-0.2, -0.15) is 0 Å². The molecule has 1 aliphatic rings. The van der Waals surface area contributed by atoms with Crippen LogP contribution in [0.15, 0.2) is 35.1 Å². The van der Waals surface area contributed by atoms with Crippen LogP contribution in [0.1, 0.15) is 39.5 Å². The fourth-order valence-electron chi connectivity index (χ4n) is 2.72. The Morgan fingerprint density at radius 1 is 1.38 bits per heavy atom. The van der Waals surface area contributed by atoms with Crippen molar-refractivity contribution in [2.75, 3.05) is 5.75 Å². The summed E-state index contributed by atoms with van der Waals surface area (Å²) in [4.78, 5) is 28.1. The van der Waals surface area contributed by atoms with E-state index >= 15 is 0 Å². The number of carboxylic acids is 1. The Balaban J connectivity index is 1.86. The van der Waals surface area contributed by atoms with E-state index in [0.717, 1.165) is 23.5 Å². The second kappa shape index (κ2) is 8.44. The maximum atomic E-state index is 11.5. The molecule has 3 N–H and O–H groups in total. The van der Waals surface area contributed by atoms with Crippen LogP contribution in [0, 0.1) is 5.41 Å². The van der Waals surface area contributed by atoms with Crippen molar-refractivity contribution in [2.45, 2.75) is 50.6 Å². The number of hydrogen-bond donors (Lipinski definition) is 3. The highest BCUT2D eigenvalue weighted by molar-refractivity contribution is 7.99. The number of amides is 1. The molecule has 1 aromatic heterocycles. The minimum absolute atomic E-state index is 0.148. The lowest BCUT2D eigenvalue weighted by molar-refractivity contribution is -0.134. The normalized spacial score (nSPS) is 18.4. The van der Waals surface area contributed by atoms with Crippen molar-refractivity contribution in [3.05, 3.63) is 30.1 Å². The summed E-state index contributed by atoms with van der Waals surface area (Å²) in [6.07, 6.45) is 4.54. The van der Waals surface area contributed by atoms with E-state index in [1.165, 1.54) is 17.8 Å². The molecule has 0 aliphatic heterocycles. The molecule has 0 saturated heterocycles. The summed E-state index contributed by atoms with van der Waals surface area (Å²) in [5, 5.41) is 29.0. The predicted octanol–water partition coefficient (Wildman–Crippen LogP) is 3.80. The summed E-state index contributed by atoms with van der Waals surface area (Å²) < 4.78 is 0. The second-order valence-corrected chi connectivity index (χ2v) is 8.01. The van der Waals surface area contributed by atoms with Gasteiger partial charge in [-0.1, -0.05) is 19.9 Å². The summed E-state index contributed by atoms with van der Waals surface area (Å²) >= 11 is 1.44. The third kappa shape index (κ3) is 5.14. The third-order valence-corrected chi connectivity index (χ3v) is 5.46. The molecule has 0 spiro atoms. The summed E-state index contributed by atoms with van der Waals surface area (Å²) in [6, 6.07) is 2.95. The van der Waals surface area contributed by atoms with Gasteiger partial charge in [0.05, 0.1) is 0 Å². The minimum atomic E-state index is -1.23. The largest absolute Gasteiger partial charge is 0.505 e. The number of allylic oxidation sites excluding steroid dienone is 1. The number of thioether (sulfide) groups is 1. The first-order valence-electron chi connectivity index (χ1n) is 8.46. The van der Waals surface area contributed by atoms with Crippen molar-refractivity contribution in [1.29, 1.82) is 0 Å². The van der Waals surface area contributed by atoms with E-state index < -0.39 is 12.1 Å². The molecule has 2 rings (SSSR count). The Bertz CT molecular complexity index is 705. The average molecular weight is 380 g/mol. The summed E-state index contributed by atoms with van der Waals surface area (Å²) in [5.74, 6) is -0.336. The molecule has 1 aromatic rings. The Labute approximate surface area is 156 Å². The maximum Gasteiger partial charge on any atom is 0.412 e. The van der Waals surface area contributed by atoms with E-state index in [-0.39, 0.29) is 22.9 Å². The van der Waals surface area contributed by atoms with E-state index in [4.69, 9.17) is 0 Å². The second-order valence-electron chi connectivity index (χ2n) is 6.93. The molecule has 1 fully saturated rings. The van der Waals surface area contributed by atoms with Gasteiger partial charge in [0.2, 0.25) is 0 Å². The van der Waals surface area contributed by atoms with Gasteiger partial charge in [0.1, 0.15) is 16.5 Å². The Hall–Kier alpha value is -2.22. The van der Waals surface area contributed by atoms with Crippen LogP contribution in [0.3, 0.4) is 0 Å². The lowest BCUT2D eigenvalue weighted by atomic mass is 10.1. The zero-order chi connectivity index (χ0) is 19.3. The van der Waals surface area contributed by atoms with Gasteiger partial charge >= 0.3 is 12.1 Å². The van der Waals surface area contributed by atoms with Crippen LogP contribution in [0.5, 0.6) is 5.75 Å². The van der Waals surface area contributed by atoms with Gasteiger partial charge in [-0.25, -0.2) is 14.6 Å². The molecule has 0 bridgehead atoms.